The maximum atomic E-state index is 11.9. The normalized spacial score (nSPS) is 10.8. The van der Waals surface area contributed by atoms with Crippen LogP contribution in [0.4, 0.5) is 11.4 Å². The lowest BCUT2D eigenvalue weighted by Crippen LogP contribution is -2.20. The highest BCUT2D eigenvalue weighted by atomic mass is 32.2. The lowest BCUT2D eigenvalue weighted by atomic mass is 10.3. The summed E-state index contributed by atoms with van der Waals surface area (Å²) in [6.45, 7) is 1.18. The van der Waals surface area contributed by atoms with Crippen LogP contribution >= 0.6 is 0 Å². The molecule has 2 amide bonds. The Morgan fingerprint density at radius 2 is 1.68 bits per heavy atom. The van der Waals surface area contributed by atoms with Crippen molar-refractivity contribution in [1.29, 1.82) is 0 Å². The number of benzene rings is 2. The average Bonchev–Trinajstić information content (AvgIpc) is 2.53. The minimum atomic E-state index is -3.34. The maximum Gasteiger partial charge on any atom is 0.262 e. The monoisotopic (exact) mass is 362 g/mol. The molecule has 0 unspecified atom stereocenters. The third-order valence-corrected chi connectivity index (χ3v) is 4.20. The van der Waals surface area contributed by atoms with Crippen LogP contribution in [0.15, 0.2) is 53.4 Å². The molecule has 0 spiro atoms. The van der Waals surface area contributed by atoms with E-state index in [1.165, 1.54) is 19.1 Å². The lowest BCUT2D eigenvalue weighted by molar-refractivity contribution is -0.118. The van der Waals surface area contributed by atoms with Crippen molar-refractivity contribution in [2.45, 2.75) is 11.8 Å². The lowest BCUT2D eigenvalue weighted by Gasteiger charge is -2.09. The first-order chi connectivity index (χ1) is 11.7. The first kappa shape index (κ1) is 18.5. The minimum Gasteiger partial charge on any atom is -0.484 e. The predicted molar refractivity (Wildman–Crippen MR) is 94.4 cm³/mol. The quantitative estimate of drug-likeness (QED) is 0.819. The summed E-state index contributed by atoms with van der Waals surface area (Å²) in [6, 6.07) is 12.6. The minimum absolute atomic E-state index is 0.125. The number of rotatable bonds is 6. The highest BCUT2D eigenvalue weighted by molar-refractivity contribution is 7.90. The zero-order valence-electron chi connectivity index (χ0n) is 13.8. The van der Waals surface area contributed by atoms with Crippen molar-refractivity contribution in [1.82, 2.24) is 0 Å². The molecule has 0 aliphatic heterocycles. The van der Waals surface area contributed by atoms with Crippen LogP contribution in [-0.4, -0.2) is 33.1 Å². The molecule has 8 heteroatoms. The fourth-order valence-corrected chi connectivity index (χ4v) is 2.66. The predicted octanol–water partition coefficient (Wildman–Crippen LogP) is 2.07. The van der Waals surface area contributed by atoms with Gasteiger partial charge < -0.3 is 15.4 Å². The Morgan fingerprint density at radius 1 is 1.00 bits per heavy atom. The van der Waals surface area contributed by atoms with Crippen molar-refractivity contribution in [2.75, 3.05) is 23.5 Å². The largest absolute Gasteiger partial charge is 0.484 e. The highest BCUT2D eigenvalue weighted by Gasteiger charge is 2.09. The van der Waals surface area contributed by atoms with E-state index >= 15 is 0 Å². The molecule has 2 aromatic carbocycles. The van der Waals surface area contributed by atoms with Crippen molar-refractivity contribution < 1.29 is 22.7 Å². The van der Waals surface area contributed by atoms with E-state index < -0.39 is 15.7 Å². The van der Waals surface area contributed by atoms with Gasteiger partial charge in [-0.2, -0.15) is 0 Å². The summed E-state index contributed by atoms with van der Waals surface area (Å²) in [6.07, 6.45) is 1.10. The van der Waals surface area contributed by atoms with E-state index in [9.17, 15) is 18.0 Å². The third-order valence-electron chi connectivity index (χ3n) is 3.09. The molecule has 0 saturated heterocycles. The van der Waals surface area contributed by atoms with E-state index in [-0.39, 0.29) is 17.4 Å². The molecule has 0 aliphatic carbocycles. The molecule has 0 aliphatic rings. The van der Waals surface area contributed by atoms with Crippen molar-refractivity contribution in [3.05, 3.63) is 48.5 Å². The standard InChI is InChI=1S/C17H18N2O5S/c1-12(20)18-13-6-8-15(9-7-13)24-11-17(21)19-14-4-3-5-16(10-14)25(2,22)23/h3-10H,11H2,1-2H3,(H,18,20)(H,19,21). The summed E-state index contributed by atoms with van der Waals surface area (Å²) in [4.78, 5) is 23.0. The SMILES string of the molecule is CC(=O)Nc1ccc(OCC(=O)Nc2cccc(S(C)(=O)=O)c2)cc1. The molecule has 0 fully saturated rings. The van der Waals surface area contributed by atoms with Gasteiger partial charge in [-0.05, 0) is 42.5 Å². The Morgan fingerprint density at radius 3 is 2.28 bits per heavy atom. The van der Waals surface area contributed by atoms with E-state index in [1.54, 1.807) is 36.4 Å². The Kier molecular flexibility index (Phi) is 5.76. The van der Waals surface area contributed by atoms with Gasteiger partial charge in [-0.1, -0.05) is 6.07 Å². The second-order valence-electron chi connectivity index (χ2n) is 5.34. The Balaban J connectivity index is 1.91. The van der Waals surface area contributed by atoms with Gasteiger partial charge in [0.2, 0.25) is 5.91 Å². The summed E-state index contributed by atoms with van der Waals surface area (Å²) >= 11 is 0. The molecule has 0 aromatic heterocycles. The van der Waals surface area contributed by atoms with Crippen molar-refractivity contribution in [3.63, 3.8) is 0 Å². The van der Waals surface area contributed by atoms with Crippen LogP contribution in [0.1, 0.15) is 6.92 Å². The number of hydrogen-bond acceptors (Lipinski definition) is 5. The molecule has 0 radical (unpaired) electrons. The van der Waals surface area contributed by atoms with Gasteiger partial charge >= 0.3 is 0 Å². The molecule has 25 heavy (non-hydrogen) atoms. The topological polar surface area (TPSA) is 102 Å². The number of carbonyl (C=O) groups is 2. The molecule has 0 saturated carbocycles. The third kappa shape index (κ3) is 5.92. The molecule has 132 valence electrons. The van der Waals surface area contributed by atoms with E-state index in [0.29, 0.717) is 17.1 Å². The second kappa shape index (κ2) is 7.80. The molecule has 2 N–H and O–H groups in total. The molecule has 0 bridgehead atoms. The van der Waals surface area contributed by atoms with E-state index in [4.69, 9.17) is 4.74 Å². The van der Waals surface area contributed by atoms with Gasteiger partial charge in [0.05, 0.1) is 4.90 Å². The highest BCUT2D eigenvalue weighted by Crippen LogP contribution is 2.17. The Labute approximate surface area is 145 Å². The van der Waals surface area contributed by atoms with Crippen LogP contribution in [0.5, 0.6) is 5.75 Å². The number of hydrogen-bond donors (Lipinski definition) is 2. The van der Waals surface area contributed by atoms with Gasteiger partial charge in [-0.25, -0.2) is 8.42 Å². The van der Waals surface area contributed by atoms with E-state index in [0.717, 1.165) is 6.26 Å². The second-order valence-corrected chi connectivity index (χ2v) is 7.36. The van der Waals surface area contributed by atoms with Crippen LogP contribution in [0.3, 0.4) is 0 Å². The summed E-state index contributed by atoms with van der Waals surface area (Å²) in [5, 5.41) is 5.20. The zero-order chi connectivity index (χ0) is 18.4. The first-order valence-corrected chi connectivity index (χ1v) is 9.23. The van der Waals surface area contributed by atoms with Crippen LogP contribution in [0.2, 0.25) is 0 Å². The number of carbonyl (C=O) groups excluding carboxylic acids is 2. The number of nitrogens with one attached hydrogen (secondary N) is 2. The van der Waals surface area contributed by atoms with Crippen molar-refractivity contribution >= 4 is 33.0 Å². The maximum absolute atomic E-state index is 11.9. The smallest absolute Gasteiger partial charge is 0.262 e. The summed E-state index contributed by atoms with van der Waals surface area (Å²) < 4.78 is 28.4. The van der Waals surface area contributed by atoms with Gasteiger partial charge in [0, 0.05) is 24.6 Å². The molecular formula is C17H18N2O5S. The van der Waals surface area contributed by atoms with Crippen LogP contribution in [0, 0.1) is 0 Å². The Hall–Kier alpha value is -2.87. The Bertz CT molecular complexity index is 876. The molecule has 0 atom stereocenters. The summed E-state index contributed by atoms with van der Waals surface area (Å²) in [5.41, 5.74) is 0.999. The van der Waals surface area contributed by atoms with Crippen LogP contribution < -0.4 is 15.4 Å². The summed E-state index contributed by atoms with van der Waals surface area (Å²) in [5.74, 6) is -0.130. The van der Waals surface area contributed by atoms with Crippen molar-refractivity contribution in [3.8, 4) is 5.75 Å². The van der Waals surface area contributed by atoms with Gasteiger partial charge in [-0.15, -0.1) is 0 Å². The summed E-state index contributed by atoms with van der Waals surface area (Å²) in [7, 11) is -3.34. The first-order valence-electron chi connectivity index (χ1n) is 7.34. The molecule has 2 rings (SSSR count). The fraction of sp³-hybridized carbons (Fsp3) is 0.176. The van der Waals surface area contributed by atoms with Gasteiger partial charge in [-0.3, -0.25) is 9.59 Å². The number of anilines is 2. The van der Waals surface area contributed by atoms with Crippen LogP contribution in [-0.2, 0) is 19.4 Å². The molecular weight excluding hydrogens is 344 g/mol. The fourth-order valence-electron chi connectivity index (χ4n) is 1.99. The van der Waals surface area contributed by atoms with Crippen LogP contribution in [0.25, 0.3) is 0 Å². The average molecular weight is 362 g/mol. The molecule has 0 heterocycles. The van der Waals surface area contributed by atoms with Crippen molar-refractivity contribution in [2.24, 2.45) is 0 Å². The molecule has 7 nitrogen and oxygen atoms in total. The number of ether oxygens (including phenoxy) is 1. The van der Waals surface area contributed by atoms with Gasteiger partial charge in [0.1, 0.15) is 5.75 Å². The zero-order valence-corrected chi connectivity index (χ0v) is 14.6. The number of sulfone groups is 1. The number of amides is 2. The molecule has 2 aromatic rings. The van der Waals surface area contributed by atoms with Gasteiger partial charge in [0.15, 0.2) is 16.4 Å². The van der Waals surface area contributed by atoms with E-state index in [2.05, 4.69) is 10.6 Å². The van der Waals surface area contributed by atoms with Gasteiger partial charge in [0.25, 0.3) is 5.91 Å². The van der Waals surface area contributed by atoms with E-state index in [1.807, 2.05) is 0 Å².